The zero-order valence-corrected chi connectivity index (χ0v) is 24.8. The molecule has 2 aromatic heterocycles. The van der Waals surface area contributed by atoms with Gasteiger partial charge in [0.1, 0.15) is 5.82 Å². The Hall–Kier alpha value is -3.87. The second kappa shape index (κ2) is 12.6. The second-order valence-corrected chi connectivity index (χ2v) is 12.6. The predicted octanol–water partition coefficient (Wildman–Crippen LogP) is 4.75. The fourth-order valence-electron chi connectivity index (χ4n) is 4.96. The topological polar surface area (TPSA) is 150 Å². The summed E-state index contributed by atoms with van der Waals surface area (Å²) < 4.78 is 63.0. The molecule has 2 aromatic carbocycles. The van der Waals surface area contributed by atoms with Crippen LogP contribution in [0.3, 0.4) is 0 Å². The number of aromatic carboxylic acids is 1. The van der Waals surface area contributed by atoms with E-state index in [-0.39, 0.29) is 47.7 Å². The van der Waals surface area contributed by atoms with E-state index in [1.165, 1.54) is 35.7 Å². The van der Waals surface area contributed by atoms with Crippen molar-refractivity contribution in [3.8, 4) is 28.2 Å². The SMILES string of the molecule is N[SH+](=O)c1ccc(Cc2c(-c3ccc(F)c(C#CC4(F)CCOC4)c3)nn(-c3nc(C(=O)O)cs3)c2CC2CC2)cc1F.[OH-]. The van der Waals surface area contributed by atoms with E-state index in [2.05, 4.69) is 16.8 Å². The van der Waals surface area contributed by atoms with E-state index >= 15 is 0 Å². The summed E-state index contributed by atoms with van der Waals surface area (Å²) in [5.74, 6) is 3.03. The van der Waals surface area contributed by atoms with Crippen LogP contribution in [0, 0.1) is 29.4 Å². The largest absolute Gasteiger partial charge is 0.870 e. The van der Waals surface area contributed by atoms with Crippen LogP contribution in [0.5, 0.6) is 0 Å². The first-order valence-corrected chi connectivity index (χ1v) is 15.7. The molecule has 2 atom stereocenters. The van der Waals surface area contributed by atoms with Gasteiger partial charge in [-0.1, -0.05) is 22.1 Å². The molecular weight excluding hydrogens is 617 g/mol. The number of halogens is 3. The number of nitrogens with zero attached hydrogens (tertiary/aromatic N) is 3. The molecule has 4 N–H and O–H groups in total. The Labute approximate surface area is 256 Å². The number of aromatic nitrogens is 3. The van der Waals surface area contributed by atoms with Crippen molar-refractivity contribution in [2.75, 3.05) is 13.2 Å². The van der Waals surface area contributed by atoms with E-state index < -0.39 is 34.3 Å². The van der Waals surface area contributed by atoms with Crippen LogP contribution in [-0.4, -0.2) is 50.2 Å². The molecule has 6 rings (SSSR count). The van der Waals surface area contributed by atoms with Gasteiger partial charge in [0.05, 0.1) is 30.2 Å². The minimum absolute atomic E-state index is 0. The van der Waals surface area contributed by atoms with Crippen LogP contribution in [0.25, 0.3) is 16.4 Å². The highest BCUT2D eigenvalue weighted by Gasteiger charge is 2.33. The molecule has 44 heavy (non-hydrogen) atoms. The van der Waals surface area contributed by atoms with Crippen molar-refractivity contribution in [2.45, 2.75) is 42.7 Å². The molecular formula is C30H27F3N4O5S2. The van der Waals surface area contributed by atoms with Crippen molar-refractivity contribution in [3.63, 3.8) is 0 Å². The summed E-state index contributed by atoms with van der Waals surface area (Å²) in [6.07, 6.45) is 2.93. The molecule has 0 radical (unpaired) electrons. The van der Waals surface area contributed by atoms with E-state index in [0.29, 0.717) is 39.9 Å². The Morgan fingerprint density at radius 1 is 1.23 bits per heavy atom. The summed E-state index contributed by atoms with van der Waals surface area (Å²) in [7, 11) is -2.37. The first kappa shape index (κ1) is 31.6. The van der Waals surface area contributed by atoms with Crippen LogP contribution in [0.2, 0.25) is 0 Å². The van der Waals surface area contributed by atoms with Crippen LogP contribution in [0.15, 0.2) is 46.7 Å². The molecule has 230 valence electrons. The Morgan fingerprint density at radius 3 is 2.66 bits per heavy atom. The lowest BCUT2D eigenvalue weighted by Crippen LogP contribution is -2.19. The number of thiol groups is 1. The Kier molecular flexibility index (Phi) is 9.05. The summed E-state index contributed by atoms with van der Waals surface area (Å²) >= 11 is 1.12. The number of ether oxygens (including phenoxy) is 1. The van der Waals surface area contributed by atoms with Gasteiger partial charge in [-0.3, -0.25) is 0 Å². The summed E-state index contributed by atoms with van der Waals surface area (Å²) in [4.78, 5) is 15.7. The van der Waals surface area contributed by atoms with Gasteiger partial charge in [-0.05, 0) is 61.1 Å². The summed E-state index contributed by atoms with van der Waals surface area (Å²) in [5.41, 5.74) is 0.965. The maximum atomic E-state index is 14.9. The van der Waals surface area contributed by atoms with E-state index in [0.717, 1.165) is 29.9 Å². The normalized spacial score (nSPS) is 18.4. The Balaban J connectivity index is 0.00000384. The van der Waals surface area contributed by atoms with Crippen LogP contribution >= 0.6 is 11.3 Å². The van der Waals surface area contributed by atoms with Crippen LogP contribution in [0.4, 0.5) is 13.2 Å². The molecule has 1 aliphatic heterocycles. The van der Waals surface area contributed by atoms with Gasteiger partial charge in [-0.25, -0.2) is 27.6 Å². The number of nitrogens with two attached hydrogens (primary N) is 1. The third-order valence-electron chi connectivity index (χ3n) is 7.43. The monoisotopic (exact) mass is 644 g/mol. The van der Waals surface area contributed by atoms with Crippen molar-refractivity contribution < 1.29 is 37.5 Å². The average Bonchev–Trinajstić information content (AvgIpc) is 3.31. The van der Waals surface area contributed by atoms with Gasteiger partial charge in [-0.15, -0.1) is 16.5 Å². The first-order valence-electron chi connectivity index (χ1n) is 13.5. The first-order chi connectivity index (χ1) is 20.6. The number of hydrogen-bond acceptors (Lipinski definition) is 7. The van der Waals surface area contributed by atoms with Gasteiger partial charge in [0.2, 0.25) is 10.0 Å². The summed E-state index contributed by atoms with van der Waals surface area (Å²) in [6, 6.07) is 8.56. The fraction of sp³-hybridized carbons (Fsp3) is 0.300. The lowest BCUT2D eigenvalue weighted by molar-refractivity contribution is 0.0691. The van der Waals surface area contributed by atoms with Crippen molar-refractivity contribution in [2.24, 2.45) is 11.1 Å². The standard InChI is InChI=1S/C30H25F3N4O4S2.H2O/c31-22-5-4-20(14-19(22)7-8-30(33)9-10-41-16-30)27-21(11-18-3-6-26(43(34)40)23(32)12-18)25(13-17-1-2-17)37(36-27)29-35-24(15-42-29)28(38)39;/h3-6,12,14-15,17H,1-2,9-11,13,16H2,(H2,34,40)(H,38,39);1H2. The minimum atomic E-state index is -2.37. The number of benzene rings is 2. The maximum Gasteiger partial charge on any atom is 0.355 e. The molecule has 2 unspecified atom stereocenters. The third kappa shape index (κ3) is 6.62. The second-order valence-electron chi connectivity index (χ2n) is 10.7. The summed E-state index contributed by atoms with van der Waals surface area (Å²) in [5, 5.41) is 21.5. The Bertz CT molecular complexity index is 1820. The van der Waals surface area contributed by atoms with Crippen molar-refractivity contribution in [1.82, 2.24) is 14.8 Å². The van der Waals surface area contributed by atoms with Gasteiger partial charge in [-0.2, -0.15) is 5.10 Å². The number of carboxylic acid groups (broad SMARTS) is 1. The molecule has 0 spiro atoms. The molecule has 1 saturated carbocycles. The van der Waals surface area contributed by atoms with E-state index in [1.54, 1.807) is 10.7 Å². The number of carboxylic acids is 1. The number of carbonyl (C=O) groups is 1. The predicted molar refractivity (Wildman–Crippen MR) is 157 cm³/mol. The van der Waals surface area contributed by atoms with Crippen LogP contribution < -0.4 is 5.14 Å². The molecule has 2 fully saturated rings. The molecule has 9 nitrogen and oxygen atoms in total. The highest BCUT2D eigenvalue weighted by atomic mass is 32.2. The van der Waals surface area contributed by atoms with Gasteiger partial charge in [0, 0.05) is 29.3 Å². The third-order valence-corrected chi connectivity index (χ3v) is 9.08. The number of thiazole rings is 1. The maximum absolute atomic E-state index is 14.9. The zero-order valence-electron chi connectivity index (χ0n) is 23.1. The smallest absolute Gasteiger partial charge is 0.355 e. The molecule has 1 aliphatic carbocycles. The van der Waals surface area contributed by atoms with E-state index in [4.69, 9.17) is 15.0 Å². The fourth-order valence-corrected chi connectivity index (χ4v) is 6.22. The van der Waals surface area contributed by atoms with Gasteiger partial charge >= 0.3 is 5.97 Å². The molecule has 4 aromatic rings. The highest BCUT2D eigenvalue weighted by molar-refractivity contribution is 7.82. The summed E-state index contributed by atoms with van der Waals surface area (Å²) in [6.45, 7) is 0.0578. The highest BCUT2D eigenvalue weighted by Crippen LogP contribution is 2.38. The van der Waals surface area contributed by atoms with Gasteiger partial charge in [0.15, 0.2) is 28.2 Å². The lowest BCUT2D eigenvalue weighted by atomic mass is 9.96. The van der Waals surface area contributed by atoms with E-state index in [9.17, 15) is 27.3 Å². The number of alkyl halides is 1. The molecule has 14 heteroatoms. The Morgan fingerprint density at radius 2 is 2.02 bits per heavy atom. The zero-order chi connectivity index (χ0) is 30.3. The molecule has 2 aliphatic rings. The van der Waals surface area contributed by atoms with Gasteiger partial charge < -0.3 is 15.3 Å². The van der Waals surface area contributed by atoms with Gasteiger partial charge in [0.25, 0.3) is 0 Å². The molecule has 0 amide bonds. The molecule has 1 saturated heterocycles. The van der Waals surface area contributed by atoms with Crippen LogP contribution in [-0.2, 0) is 32.8 Å². The molecule has 0 bridgehead atoms. The van der Waals surface area contributed by atoms with Crippen molar-refractivity contribution >= 4 is 28.3 Å². The average molecular weight is 645 g/mol. The minimum Gasteiger partial charge on any atom is -0.870 e. The lowest BCUT2D eigenvalue weighted by Gasteiger charge is -2.10. The van der Waals surface area contributed by atoms with E-state index in [1.807, 2.05) is 0 Å². The van der Waals surface area contributed by atoms with Crippen molar-refractivity contribution in [1.29, 1.82) is 0 Å². The number of rotatable bonds is 8. The quantitative estimate of drug-likeness (QED) is 0.160. The molecule has 3 heterocycles. The van der Waals surface area contributed by atoms with Crippen LogP contribution in [0.1, 0.15) is 52.1 Å². The number of hydrogen-bond donors (Lipinski definition) is 2. The van der Waals surface area contributed by atoms with Crippen molar-refractivity contribution in [3.05, 3.63) is 81.5 Å².